The lowest BCUT2D eigenvalue weighted by Crippen LogP contribution is -2.31. The molecule has 0 fully saturated rings. The van der Waals surface area contributed by atoms with Crippen LogP contribution in [0.5, 0.6) is 5.75 Å². The number of rotatable bonds is 6. The summed E-state index contributed by atoms with van der Waals surface area (Å²) in [6.07, 6.45) is 1.95. The van der Waals surface area contributed by atoms with Crippen molar-refractivity contribution in [3.63, 3.8) is 0 Å². The molecule has 0 spiro atoms. The van der Waals surface area contributed by atoms with E-state index in [9.17, 15) is 4.79 Å². The maximum Gasteiger partial charge on any atom is 0.319 e. The lowest BCUT2D eigenvalue weighted by Gasteiger charge is -2.18. The highest BCUT2D eigenvalue weighted by Crippen LogP contribution is 2.23. The first-order valence-electron chi connectivity index (χ1n) is 8.91. The summed E-state index contributed by atoms with van der Waals surface area (Å²) < 4.78 is 5.31. The van der Waals surface area contributed by atoms with Gasteiger partial charge in [0, 0.05) is 36.5 Å². The van der Waals surface area contributed by atoms with Gasteiger partial charge in [0.15, 0.2) is 0 Å². The molecule has 138 valence electrons. The molecule has 2 N–H and O–H groups in total. The number of methoxy groups -OCH3 is 1. The van der Waals surface area contributed by atoms with Crippen LogP contribution in [0.2, 0.25) is 0 Å². The van der Waals surface area contributed by atoms with Crippen LogP contribution in [0.3, 0.4) is 0 Å². The Morgan fingerprint density at radius 2 is 2.07 bits per heavy atom. The summed E-state index contributed by atoms with van der Waals surface area (Å²) in [4.78, 5) is 16.7. The predicted molar refractivity (Wildman–Crippen MR) is 105 cm³/mol. The van der Waals surface area contributed by atoms with Crippen molar-refractivity contribution >= 4 is 17.4 Å². The lowest BCUT2D eigenvalue weighted by molar-refractivity contribution is 0.252. The normalized spacial score (nSPS) is 12.4. The minimum absolute atomic E-state index is 0.259. The van der Waals surface area contributed by atoms with Crippen molar-refractivity contribution in [2.24, 2.45) is 4.99 Å². The van der Waals surface area contributed by atoms with E-state index in [-0.39, 0.29) is 6.03 Å². The minimum Gasteiger partial charge on any atom is -0.497 e. The Kier molecular flexibility index (Phi) is 6.06. The van der Waals surface area contributed by atoms with Crippen molar-refractivity contribution in [1.82, 2.24) is 5.32 Å². The van der Waals surface area contributed by atoms with Crippen LogP contribution < -0.4 is 15.4 Å². The fourth-order valence-electron chi connectivity index (χ4n) is 3.05. The number of ether oxygens (including phenoxy) is 1. The number of amides is 2. The number of nitrogens with one attached hydrogen (secondary N) is 2. The molecule has 2 amide bonds. The van der Waals surface area contributed by atoms with Crippen LogP contribution >= 0.6 is 0 Å². The molecule has 0 bridgehead atoms. The number of carbonyl (C=O) groups excluding carboxylic acids is 1. The zero-order chi connectivity index (χ0) is 19.1. The van der Waals surface area contributed by atoms with Crippen LogP contribution in [0.1, 0.15) is 23.1 Å². The molecular weight excluding hydrogens is 340 g/mol. The third kappa shape index (κ3) is 4.85. The smallest absolute Gasteiger partial charge is 0.319 e. The molecule has 1 aliphatic heterocycles. The quantitative estimate of drug-likeness (QED) is 0.826. The van der Waals surface area contributed by atoms with Crippen LogP contribution in [-0.4, -0.2) is 31.9 Å². The second kappa shape index (κ2) is 8.86. The van der Waals surface area contributed by atoms with E-state index < -0.39 is 0 Å². The fourth-order valence-corrected chi connectivity index (χ4v) is 3.05. The number of nitriles is 1. The van der Waals surface area contributed by atoms with Gasteiger partial charge in [0.25, 0.3) is 0 Å². The molecule has 0 saturated carbocycles. The number of urea groups is 1. The van der Waals surface area contributed by atoms with Gasteiger partial charge in [-0.3, -0.25) is 4.99 Å². The number of benzene rings is 2. The van der Waals surface area contributed by atoms with Gasteiger partial charge in [-0.25, -0.2) is 4.79 Å². The molecular formula is C21H22N4O2. The van der Waals surface area contributed by atoms with Crippen LogP contribution in [0, 0.1) is 11.3 Å². The van der Waals surface area contributed by atoms with Crippen molar-refractivity contribution in [2.45, 2.75) is 19.3 Å². The Hall–Kier alpha value is -3.33. The molecule has 0 aromatic heterocycles. The van der Waals surface area contributed by atoms with Gasteiger partial charge in [-0.2, -0.15) is 5.26 Å². The Labute approximate surface area is 158 Å². The number of nitrogens with zero attached hydrogens (tertiary/aromatic N) is 2. The van der Waals surface area contributed by atoms with Gasteiger partial charge in [0.05, 0.1) is 19.6 Å². The highest BCUT2D eigenvalue weighted by molar-refractivity contribution is 6.03. The van der Waals surface area contributed by atoms with Crippen LogP contribution in [-0.2, 0) is 12.8 Å². The summed E-state index contributed by atoms with van der Waals surface area (Å²) in [7, 11) is 1.65. The zero-order valence-electron chi connectivity index (χ0n) is 15.3. The minimum atomic E-state index is -0.259. The Morgan fingerprint density at radius 1 is 1.26 bits per heavy atom. The monoisotopic (exact) mass is 362 g/mol. The predicted octanol–water partition coefficient (Wildman–Crippen LogP) is 3.32. The van der Waals surface area contributed by atoms with Crippen LogP contribution in [0.25, 0.3) is 0 Å². The van der Waals surface area contributed by atoms with Crippen molar-refractivity contribution < 1.29 is 9.53 Å². The molecule has 0 aliphatic carbocycles. The maximum absolute atomic E-state index is 12.1. The molecule has 6 heteroatoms. The molecule has 1 heterocycles. The molecule has 0 atom stereocenters. The van der Waals surface area contributed by atoms with E-state index in [1.807, 2.05) is 24.3 Å². The highest BCUT2D eigenvalue weighted by atomic mass is 16.5. The summed E-state index contributed by atoms with van der Waals surface area (Å²) in [6, 6.07) is 15.1. The number of aliphatic imine (C=N–C) groups is 1. The summed E-state index contributed by atoms with van der Waals surface area (Å²) in [5.74, 6) is 0.814. The van der Waals surface area contributed by atoms with E-state index in [0.717, 1.165) is 35.6 Å². The summed E-state index contributed by atoms with van der Waals surface area (Å²) >= 11 is 0. The van der Waals surface area contributed by atoms with Gasteiger partial charge >= 0.3 is 6.03 Å². The van der Waals surface area contributed by atoms with E-state index in [4.69, 9.17) is 10.00 Å². The summed E-state index contributed by atoms with van der Waals surface area (Å²) in [5, 5.41) is 14.3. The second-order valence-electron chi connectivity index (χ2n) is 6.26. The Balaban J connectivity index is 1.52. The van der Waals surface area contributed by atoms with E-state index >= 15 is 0 Å². The molecule has 6 nitrogen and oxygen atoms in total. The molecule has 27 heavy (non-hydrogen) atoms. The number of anilines is 1. The first kappa shape index (κ1) is 18.5. The molecule has 0 saturated heterocycles. The van der Waals surface area contributed by atoms with Crippen molar-refractivity contribution in [2.75, 3.05) is 25.5 Å². The number of fused-ring (bicyclic) bond motifs is 1. The topological polar surface area (TPSA) is 86.5 Å². The third-order valence-electron chi connectivity index (χ3n) is 4.45. The van der Waals surface area contributed by atoms with Crippen molar-refractivity contribution in [3.05, 3.63) is 59.2 Å². The largest absolute Gasteiger partial charge is 0.497 e. The summed E-state index contributed by atoms with van der Waals surface area (Å²) in [6.45, 7) is 1.27. The molecule has 2 aromatic rings. The SMILES string of the molecule is COc1ccc2c(c1)C(CCNC(=O)Nc1ccc(CC#N)cc1)=NCC2. The van der Waals surface area contributed by atoms with Gasteiger partial charge in [-0.15, -0.1) is 0 Å². The summed E-state index contributed by atoms with van der Waals surface area (Å²) in [5.41, 5.74) is 4.99. The van der Waals surface area contributed by atoms with E-state index in [0.29, 0.717) is 25.1 Å². The fraction of sp³-hybridized carbons (Fsp3) is 0.286. The molecule has 3 rings (SSSR count). The average Bonchev–Trinajstić information content (AvgIpc) is 2.69. The van der Waals surface area contributed by atoms with Gasteiger partial charge < -0.3 is 15.4 Å². The van der Waals surface area contributed by atoms with Crippen molar-refractivity contribution in [3.8, 4) is 11.8 Å². The first-order valence-corrected chi connectivity index (χ1v) is 8.91. The van der Waals surface area contributed by atoms with E-state index in [1.54, 1.807) is 19.2 Å². The second-order valence-corrected chi connectivity index (χ2v) is 6.26. The van der Waals surface area contributed by atoms with E-state index in [2.05, 4.69) is 27.8 Å². The van der Waals surface area contributed by atoms with Gasteiger partial charge in [-0.1, -0.05) is 18.2 Å². The maximum atomic E-state index is 12.1. The number of carbonyl (C=O) groups is 1. The molecule has 1 aliphatic rings. The Morgan fingerprint density at radius 3 is 2.81 bits per heavy atom. The van der Waals surface area contributed by atoms with Gasteiger partial charge in [0.2, 0.25) is 0 Å². The van der Waals surface area contributed by atoms with Gasteiger partial charge in [-0.05, 0) is 41.8 Å². The van der Waals surface area contributed by atoms with Crippen LogP contribution in [0.4, 0.5) is 10.5 Å². The number of hydrogen-bond donors (Lipinski definition) is 2. The molecule has 0 radical (unpaired) electrons. The zero-order valence-corrected chi connectivity index (χ0v) is 15.3. The number of hydrogen-bond acceptors (Lipinski definition) is 4. The van der Waals surface area contributed by atoms with E-state index in [1.165, 1.54) is 5.56 Å². The lowest BCUT2D eigenvalue weighted by atomic mass is 9.95. The first-order chi connectivity index (χ1) is 13.2. The average molecular weight is 362 g/mol. The highest BCUT2D eigenvalue weighted by Gasteiger charge is 2.15. The van der Waals surface area contributed by atoms with Crippen LogP contribution in [0.15, 0.2) is 47.5 Å². The molecule has 0 unspecified atom stereocenters. The van der Waals surface area contributed by atoms with Crippen molar-refractivity contribution in [1.29, 1.82) is 5.26 Å². The van der Waals surface area contributed by atoms with Gasteiger partial charge in [0.1, 0.15) is 5.75 Å². The Bertz CT molecular complexity index is 882. The molecule has 2 aromatic carbocycles. The standard InChI is InChI=1S/C21H22N4O2/c1-27-18-7-4-16-9-12-23-20(19(16)14-18)10-13-24-21(26)25-17-5-2-15(3-6-17)8-11-22/h2-7,14H,8-10,12-13H2,1H3,(H2,24,25,26). The third-order valence-corrected chi connectivity index (χ3v) is 4.45.